The number of fused-ring (bicyclic) bond motifs is 19. The molecule has 20 rings (SSSR count). The lowest BCUT2D eigenvalue weighted by Gasteiger charge is -2.49. The lowest BCUT2D eigenvalue weighted by molar-refractivity contribution is -0.660. The average Bonchev–Trinajstić information content (AvgIpc) is 0.702. The van der Waals surface area contributed by atoms with Gasteiger partial charge in [-0.05, 0) is 294 Å². The minimum absolute atomic E-state index is 0.0121. The first kappa shape index (κ1) is 76.9. The third-order valence-corrected chi connectivity index (χ3v) is 28.0. The molecule has 0 bridgehead atoms. The van der Waals surface area contributed by atoms with Gasteiger partial charge in [0.05, 0.1) is 11.1 Å². The van der Waals surface area contributed by atoms with E-state index in [2.05, 4.69) is 425 Å². The van der Waals surface area contributed by atoms with Gasteiger partial charge in [0.25, 0.3) is 0 Å². The molecule has 0 N–H and O–H groups in total. The maximum atomic E-state index is 2.46. The first-order chi connectivity index (χ1) is 55.5. The van der Waals surface area contributed by atoms with Crippen LogP contribution in [0.25, 0.3) is 133 Å². The third-order valence-electron chi connectivity index (χ3n) is 28.0. The number of hydrogen-bond acceptors (Lipinski definition) is 0. The van der Waals surface area contributed by atoms with Gasteiger partial charge in [0.2, 0.25) is 22.8 Å². The van der Waals surface area contributed by atoms with Gasteiger partial charge in [-0.1, -0.05) is 231 Å². The Labute approximate surface area is 689 Å². The van der Waals surface area contributed by atoms with Gasteiger partial charge in [0.15, 0.2) is 24.8 Å². The summed E-state index contributed by atoms with van der Waals surface area (Å²) in [7, 11) is 8.62. The summed E-state index contributed by atoms with van der Waals surface area (Å²) in [6.45, 7) is 36.9. The highest BCUT2D eigenvalue weighted by Gasteiger charge is 2.49. The van der Waals surface area contributed by atoms with Crippen molar-refractivity contribution < 1.29 is 18.3 Å². The standard InChI is InChI=1S/2C30H32N.2C26H24N/c1-19-12-15-27(31(7)18-19)23-17-24-26(16-20(23)2)30(5,6)29(3,4)25-14-13-21-10-8-9-11-22(21)28(24)25;1-19-12-15-27(31(7)18-19)24-17-25-23-14-13-21-10-8-9-11-22(21)28(23)30(5,6)29(3,4)26(25)16-20(24)2;1-17-8-15-24(27(3)16-17)25-18(2)9-13-23-22(25)14-12-20-11-10-19-6-4-5-7-21(19)26(20)23;1-17-8-13-25(27(3)16-17)26-18(2)9-11-22-23(26)12-10-21-14-19-6-4-5-7-20(19)15-24(21)22/h2*8-18H,1-7H3;4-11,13,15-16H,12,14H2,1-3H3;4-9,11,13-16H,10,12H2,1-3H3/q4*+1. The highest BCUT2D eigenvalue weighted by atomic mass is 14.9. The van der Waals surface area contributed by atoms with E-state index in [0.29, 0.717) is 0 Å². The first-order valence-corrected chi connectivity index (χ1v) is 42.0. The molecule has 4 aromatic heterocycles. The largest absolute Gasteiger partial charge is 0.212 e. The molecular weight excluding hydrogens is 1400 g/mol. The summed E-state index contributed by atoms with van der Waals surface area (Å²) in [5.41, 5.74) is 44.2. The monoisotopic (exact) mass is 1510 g/mol. The van der Waals surface area contributed by atoms with Crippen LogP contribution in [-0.2, 0) is 75.5 Å². The number of benzene rings is 12. The summed E-state index contributed by atoms with van der Waals surface area (Å²) in [5, 5.41) is 10.7. The number of aryl methyl sites for hydroxylation is 14. The molecule has 0 atom stereocenters. The molecular formula is C112H112N4+4. The van der Waals surface area contributed by atoms with Crippen LogP contribution < -0.4 is 18.3 Å². The van der Waals surface area contributed by atoms with E-state index in [1.807, 2.05) is 0 Å². The fourth-order valence-electron chi connectivity index (χ4n) is 20.4. The summed E-state index contributed by atoms with van der Waals surface area (Å²) < 4.78 is 9.06. The molecule has 4 nitrogen and oxygen atoms in total. The summed E-state index contributed by atoms with van der Waals surface area (Å²) in [5.74, 6) is 0. The molecule has 116 heavy (non-hydrogen) atoms. The van der Waals surface area contributed by atoms with Gasteiger partial charge in [-0.15, -0.1) is 0 Å². The van der Waals surface area contributed by atoms with Crippen LogP contribution in [0.15, 0.2) is 267 Å². The predicted octanol–water partition coefficient (Wildman–Crippen LogP) is 25.8. The quantitative estimate of drug-likeness (QED) is 0.156. The molecule has 0 spiro atoms. The van der Waals surface area contributed by atoms with E-state index in [0.717, 1.165) is 25.7 Å². The Morgan fingerprint density at radius 3 is 1.15 bits per heavy atom. The van der Waals surface area contributed by atoms with Crippen LogP contribution in [0.2, 0.25) is 0 Å². The summed E-state index contributed by atoms with van der Waals surface area (Å²) >= 11 is 0. The second kappa shape index (κ2) is 29.2. The maximum Gasteiger partial charge on any atom is 0.212 e. The van der Waals surface area contributed by atoms with Crippen LogP contribution in [0.1, 0.15) is 144 Å². The molecule has 4 aliphatic carbocycles. The van der Waals surface area contributed by atoms with Crippen molar-refractivity contribution >= 4 is 43.1 Å². The van der Waals surface area contributed by atoms with Crippen LogP contribution >= 0.6 is 0 Å². The van der Waals surface area contributed by atoms with Crippen LogP contribution in [0, 0.1) is 55.4 Å². The zero-order valence-corrected chi connectivity index (χ0v) is 72.0. The van der Waals surface area contributed by atoms with Gasteiger partial charge in [-0.3, -0.25) is 0 Å². The van der Waals surface area contributed by atoms with Crippen molar-refractivity contribution in [3.8, 4) is 89.5 Å². The fraction of sp³-hybridized carbons (Fsp3) is 0.250. The highest BCUT2D eigenvalue weighted by Crippen LogP contribution is 2.59. The molecule has 0 amide bonds. The number of hydrogen-bond donors (Lipinski definition) is 0. The Hall–Kier alpha value is -11.7. The van der Waals surface area contributed by atoms with Crippen molar-refractivity contribution in [2.24, 2.45) is 28.2 Å². The Morgan fingerprint density at radius 2 is 0.621 bits per heavy atom. The predicted molar refractivity (Wildman–Crippen MR) is 489 cm³/mol. The van der Waals surface area contributed by atoms with Gasteiger partial charge in [0.1, 0.15) is 28.2 Å². The Kier molecular flexibility index (Phi) is 19.4. The summed E-state index contributed by atoms with van der Waals surface area (Å²) in [6.07, 6.45) is 13.3. The van der Waals surface area contributed by atoms with E-state index in [-0.39, 0.29) is 21.7 Å². The Balaban J connectivity index is 0.000000111. The molecule has 4 aliphatic rings. The van der Waals surface area contributed by atoms with Crippen molar-refractivity contribution in [1.82, 2.24) is 0 Å². The lowest BCUT2D eigenvalue weighted by atomic mass is 9.54. The Bertz CT molecular complexity index is 6720. The molecule has 12 aromatic carbocycles. The molecule has 0 unspecified atom stereocenters. The summed E-state index contributed by atoms with van der Waals surface area (Å²) in [6, 6.07) is 90.8. The normalized spacial score (nSPS) is 14.5. The summed E-state index contributed by atoms with van der Waals surface area (Å²) in [4.78, 5) is 0. The molecule has 0 saturated heterocycles. The van der Waals surface area contributed by atoms with Crippen molar-refractivity contribution in [2.45, 2.75) is 158 Å². The number of rotatable bonds is 4. The lowest BCUT2D eigenvalue weighted by Crippen LogP contribution is -2.43. The van der Waals surface area contributed by atoms with Crippen LogP contribution in [0.3, 0.4) is 0 Å². The topological polar surface area (TPSA) is 15.5 Å². The van der Waals surface area contributed by atoms with E-state index in [1.54, 1.807) is 0 Å². The van der Waals surface area contributed by atoms with Gasteiger partial charge >= 0.3 is 0 Å². The molecule has 0 radical (unpaired) electrons. The van der Waals surface area contributed by atoms with Gasteiger partial charge in [-0.25, -0.2) is 18.3 Å². The maximum absolute atomic E-state index is 2.46. The van der Waals surface area contributed by atoms with E-state index < -0.39 is 0 Å². The average molecular weight is 1510 g/mol. The molecule has 576 valence electrons. The van der Waals surface area contributed by atoms with Crippen molar-refractivity contribution in [1.29, 1.82) is 0 Å². The van der Waals surface area contributed by atoms with E-state index in [4.69, 9.17) is 0 Å². The van der Waals surface area contributed by atoms with E-state index >= 15 is 0 Å². The fourth-order valence-corrected chi connectivity index (χ4v) is 20.4. The smallest absolute Gasteiger partial charge is 0.201 e. The third kappa shape index (κ3) is 12.9. The van der Waals surface area contributed by atoms with Crippen LogP contribution in [0.4, 0.5) is 0 Å². The Morgan fingerprint density at radius 1 is 0.233 bits per heavy atom. The van der Waals surface area contributed by atoms with Crippen LogP contribution in [0.5, 0.6) is 0 Å². The number of nitrogens with zero attached hydrogens (tertiary/aromatic N) is 4. The zero-order valence-electron chi connectivity index (χ0n) is 72.0. The second-order valence-electron chi connectivity index (χ2n) is 36.4. The van der Waals surface area contributed by atoms with Crippen molar-refractivity contribution in [3.05, 3.63) is 356 Å². The van der Waals surface area contributed by atoms with Gasteiger partial charge in [0, 0.05) is 63.1 Å². The minimum atomic E-state index is 0.0121. The minimum Gasteiger partial charge on any atom is -0.201 e. The van der Waals surface area contributed by atoms with E-state index in [9.17, 15) is 0 Å². The number of pyridine rings is 4. The van der Waals surface area contributed by atoms with Gasteiger partial charge in [-0.2, -0.15) is 0 Å². The molecule has 16 aromatic rings. The molecule has 4 heteroatoms. The molecule has 0 saturated carbocycles. The number of aromatic nitrogens is 4. The van der Waals surface area contributed by atoms with Crippen molar-refractivity contribution in [3.63, 3.8) is 0 Å². The van der Waals surface area contributed by atoms with Gasteiger partial charge < -0.3 is 0 Å². The first-order valence-electron chi connectivity index (χ1n) is 42.0. The van der Waals surface area contributed by atoms with Crippen molar-refractivity contribution in [2.75, 3.05) is 0 Å². The zero-order chi connectivity index (χ0) is 81.3. The molecule has 0 fully saturated rings. The SMILES string of the molecule is Cc1ccc(-c2c(C)ccc3c2CCc2cc4ccccc4cc2-3)[n+](C)c1.Cc1ccc(-c2c(C)ccc3c2CCc2ccc4ccccc4c2-3)[n+](C)c1.Cc1ccc(-c2cc3c(cc2C)C(C)(C)C(C)(C)c2c-3ccc3ccccc23)[n+](C)c1.Cc1ccc(-c2cc3c(cc2C)C(C)(C)C(C)(C)c2ccc4ccccc4c2-3)[n+](C)c1. The second-order valence-corrected chi connectivity index (χ2v) is 36.4. The molecule has 4 heterocycles. The van der Waals surface area contributed by atoms with E-state index in [1.165, 1.54) is 222 Å². The van der Waals surface area contributed by atoms with Crippen LogP contribution in [-0.4, -0.2) is 0 Å². The molecule has 0 aliphatic heterocycles. The highest BCUT2D eigenvalue weighted by molar-refractivity contribution is 6.04.